The average molecular weight is 547 g/mol. The minimum absolute atomic E-state index is 0.0593. The van der Waals surface area contributed by atoms with Crippen LogP contribution in [0.4, 0.5) is 0 Å². The molecule has 1 saturated heterocycles. The predicted molar refractivity (Wildman–Crippen MR) is 137 cm³/mol. The Morgan fingerprint density at radius 3 is 2.43 bits per heavy atom. The average Bonchev–Trinajstić information content (AvgIpc) is 3.11. The van der Waals surface area contributed by atoms with Crippen molar-refractivity contribution in [3.63, 3.8) is 0 Å². The van der Waals surface area contributed by atoms with E-state index in [1.165, 1.54) is 24.1 Å². The van der Waals surface area contributed by atoms with Crippen LogP contribution in [0.1, 0.15) is 37.9 Å². The normalized spacial score (nSPS) is 17.3. The van der Waals surface area contributed by atoms with Crippen LogP contribution in [0.2, 0.25) is 0 Å². The maximum atomic E-state index is 13.2. The van der Waals surface area contributed by atoms with Crippen LogP contribution in [0.3, 0.4) is 0 Å². The van der Waals surface area contributed by atoms with E-state index in [-0.39, 0.29) is 23.4 Å². The summed E-state index contributed by atoms with van der Waals surface area (Å²) in [5, 5.41) is 21.6. The zero-order chi connectivity index (χ0) is 25.7. The van der Waals surface area contributed by atoms with Crippen LogP contribution in [0.25, 0.3) is 5.76 Å². The standard InChI is InChI=1S/C26H31BrN2O6/c1-5-28(6-2)12-13-29-23(16-8-11-20(35-7-3)21(14-16)34-4)22(25(32)26(29)33)24(31)18-15-17(27)9-10-19(18)30/h8-11,14-15,23,30-31H,5-7,12-13H2,1-4H3/t23-/m0/s1. The second kappa shape index (κ2) is 11.6. The van der Waals surface area contributed by atoms with Gasteiger partial charge in [-0.2, -0.15) is 0 Å². The number of hydrogen-bond donors (Lipinski definition) is 2. The van der Waals surface area contributed by atoms with Gasteiger partial charge in [0, 0.05) is 17.6 Å². The quantitative estimate of drug-likeness (QED) is 0.260. The van der Waals surface area contributed by atoms with Gasteiger partial charge in [-0.25, -0.2) is 0 Å². The molecule has 2 aromatic carbocycles. The van der Waals surface area contributed by atoms with E-state index < -0.39 is 23.5 Å². The second-order valence-electron chi connectivity index (χ2n) is 8.02. The summed E-state index contributed by atoms with van der Waals surface area (Å²) in [5.74, 6) is -1.17. The van der Waals surface area contributed by atoms with Crippen LogP contribution >= 0.6 is 15.9 Å². The van der Waals surface area contributed by atoms with E-state index in [0.717, 1.165) is 13.1 Å². The lowest BCUT2D eigenvalue weighted by atomic mass is 9.94. The molecule has 188 valence electrons. The van der Waals surface area contributed by atoms with Gasteiger partial charge in [-0.3, -0.25) is 9.59 Å². The van der Waals surface area contributed by atoms with Crippen LogP contribution in [0.5, 0.6) is 17.2 Å². The minimum atomic E-state index is -0.867. The van der Waals surface area contributed by atoms with Crippen LogP contribution in [-0.4, -0.2) is 71.6 Å². The Bertz CT molecular complexity index is 1130. The van der Waals surface area contributed by atoms with Crippen molar-refractivity contribution in [2.45, 2.75) is 26.8 Å². The zero-order valence-corrected chi connectivity index (χ0v) is 22.0. The fourth-order valence-corrected chi connectivity index (χ4v) is 4.58. The van der Waals surface area contributed by atoms with Crippen molar-refractivity contribution in [1.82, 2.24) is 9.80 Å². The number of phenols is 1. The number of carbonyl (C=O) groups is 2. The number of phenolic OH excluding ortho intramolecular Hbond substituents is 1. The Balaban J connectivity index is 2.19. The van der Waals surface area contributed by atoms with Gasteiger partial charge in [0.05, 0.1) is 30.9 Å². The molecule has 0 saturated carbocycles. The topological polar surface area (TPSA) is 99.5 Å². The molecule has 3 rings (SSSR count). The number of aliphatic hydroxyl groups is 1. The lowest BCUT2D eigenvalue weighted by Crippen LogP contribution is -2.38. The Kier molecular flexibility index (Phi) is 8.80. The van der Waals surface area contributed by atoms with Gasteiger partial charge in [0.15, 0.2) is 11.5 Å². The summed E-state index contributed by atoms with van der Waals surface area (Å²) in [7, 11) is 1.51. The first-order valence-corrected chi connectivity index (χ1v) is 12.4. The van der Waals surface area contributed by atoms with E-state index in [9.17, 15) is 19.8 Å². The fourth-order valence-electron chi connectivity index (χ4n) is 4.22. The Morgan fingerprint density at radius 2 is 1.80 bits per heavy atom. The van der Waals surface area contributed by atoms with Crippen molar-refractivity contribution in [2.24, 2.45) is 0 Å². The molecule has 35 heavy (non-hydrogen) atoms. The number of hydrogen-bond acceptors (Lipinski definition) is 7. The lowest BCUT2D eigenvalue weighted by molar-refractivity contribution is -0.140. The summed E-state index contributed by atoms with van der Waals surface area (Å²) in [5.41, 5.74) is 0.554. The van der Waals surface area contributed by atoms with Crippen molar-refractivity contribution in [3.8, 4) is 17.2 Å². The Morgan fingerprint density at radius 1 is 1.09 bits per heavy atom. The van der Waals surface area contributed by atoms with Crippen LogP contribution in [0, 0.1) is 0 Å². The highest BCUT2D eigenvalue weighted by Crippen LogP contribution is 2.43. The molecule has 8 nitrogen and oxygen atoms in total. The monoisotopic (exact) mass is 546 g/mol. The first kappa shape index (κ1) is 26.6. The Hall–Kier alpha value is -3.04. The number of rotatable bonds is 10. The lowest BCUT2D eigenvalue weighted by Gasteiger charge is -2.28. The first-order valence-electron chi connectivity index (χ1n) is 11.6. The van der Waals surface area contributed by atoms with Gasteiger partial charge in [-0.05, 0) is 55.9 Å². The smallest absolute Gasteiger partial charge is 0.295 e. The molecule has 0 radical (unpaired) electrons. The highest BCUT2D eigenvalue weighted by molar-refractivity contribution is 9.10. The number of nitrogens with zero attached hydrogens (tertiary/aromatic N) is 2. The summed E-state index contributed by atoms with van der Waals surface area (Å²) in [6.45, 7) is 8.81. The number of Topliss-reactive ketones (excluding diaryl/α,β-unsaturated/α-hetero) is 1. The van der Waals surface area contributed by atoms with E-state index in [2.05, 4.69) is 20.8 Å². The molecular formula is C26H31BrN2O6. The van der Waals surface area contributed by atoms with Gasteiger partial charge in [0.1, 0.15) is 11.5 Å². The predicted octanol–water partition coefficient (Wildman–Crippen LogP) is 4.33. The summed E-state index contributed by atoms with van der Waals surface area (Å²) >= 11 is 3.33. The number of likely N-dealkylation sites (N-methyl/N-ethyl adjacent to an activating group) is 1. The summed E-state index contributed by atoms with van der Waals surface area (Å²) in [6, 6.07) is 8.84. The number of halogens is 1. The van der Waals surface area contributed by atoms with Gasteiger partial charge in [0.2, 0.25) is 0 Å². The van der Waals surface area contributed by atoms with E-state index in [4.69, 9.17) is 9.47 Å². The molecule has 1 fully saturated rings. The van der Waals surface area contributed by atoms with Crippen LogP contribution < -0.4 is 9.47 Å². The van der Waals surface area contributed by atoms with Gasteiger partial charge in [0.25, 0.3) is 11.7 Å². The molecule has 1 heterocycles. The molecule has 9 heteroatoms. The van der Waals surface area contributed by atoms with Gasteiger partial charge < -0.3 is 29.5 Å². The molecule has 0 aliphatic carbocycles. The number of ketones is 1. The number of aromatic hydroxyl groups is 1. The largest absolute Gasteiger partial charge is 0.507 e. The van der Waals surface area contributed by atoms with Crippen LogP contribution in [-0.2, 0) is 9.59 Å². The van der Waals surface area contributed by atoms with E-state index >= 15 is 0 Å². The van der Waals surface area contributed by atoms with Crippen molar-refractivity contribution in [1.29, 1.82) is 0 Å². The number of likely N-dealkylation sites (tertiary alicyclic amines) is 1. The fraction of sp³-hybridized carbons (Fsp3) is 0.385. The van der Waals surface area contributed by atoms with Gasteiger partial charge in [-0.15, -0.1) is 0 Å². The molecule has 0 aromatic heterocycles. The second-order valence-corrected chi connectivity index (χ2v) is 8.94. The van der Waals surface area contributed by atoms with Crippen molar-refractivity contribution in [3.05, 3.63) is 57.6 Å². The number of aliphatic hydroxyl groups excluding tert-OH is 1. The van der Waals surface area contributed by atoms with Gasteiger partial charge >= 0.3 is 0 Å². The highest BCUT2D eigenvalue weighted by Gasteiger charge is 2.46. The maximum Gasteiger partial charge on any atom is 0.295 e. The molecule has 0 bridgehead atoms. The van der Waals surface area contributed by atoms with Crippen molar-refractivity contribution in [2.75, 3.05) is 39.9 Å². The number of amides is 1. The van der Waals surface area contributed by atoms with E-state index in [1.807, 2.05) is 20.8 Å². The molecular weight excluding hydrogens is 516 g/mol. The van der Waals surface area contributed by atoms with E-state index in [0.29, 0.717) is 34.7 Å². The number of ether oxygens (including phenoxy) is 2. The third-order valence-electron chi connectivity index (χ3n) is 6.11. The third kappa shape index (κ3) is 5.46. The summed E-state index contributed by atoms with van der Waals surface area (Å²) in [4.78, 5) is 30.0. The minimum Gasteiger partial charge on any atom is -0.507 e. The van der Waals surface area contributed by atoms with Gasteiger partial charge in [-0.1, -0.05) is 35.8 Å². The van der Waals surface area contributed by atoms with Crippen molar-refractivity contribution < 1.29 is 29.3 Å². The molecule has 1 atom stereocenters. The molecule has 0 unspecified atom stereocenters. The Labute approximate surface area is 213 Å². The summed E-state index contributed by atoms with van der Waals surface area (Å²) < 4.78 is 11.7. The molecule has 2 N–H and O–H groups in total. The first-order chi connectivity index (χ1) is 16.8. The number of carbonyl (C=O) groups excluding carboxylic acids is 2. The molecule has 1 aliphatic heterocycles. The molecule has 1 amide bonds. The van der Waals surface area contributed by atoms with Crippen LogP contribution in [0.15, 0.2) is 46.4 Å². The third-order valence-corrected chi connectivity index (χ3v) is 6.60. The number of methoxy groups -OCH3 is 1. The molecule has 1 aliphatic rings. The molecule has 0 spiro atoms. The number of benzene rings is 2. The van der Waals surface area contributed by atoms with E-state index in [1.54, 1.807) is 24.3 Å². The zero-order valence-electron chi connectivity index (χ0n) is 20.4. The SMILES string of the molecule is CCOc1ccc([C@H]2C(=C(O)c3cc(Br)ccc3O)C(=O)C(=O)N2CCN(CC)CC)cc1OC. The van der Waals surface area contributed by atoms with Crippen molar-refractivity contribution >= 4 is 33.4 Å². The maximum absolute atomic E-state index is 13.2. The highest BCUT2D eigenvalue weighted by atomic mass is 79.9. The molecule has 2 aromatic rings. The summed E-state index contributed by atoms with van der Waals surface area (Å²) in [6.07, 6.45) is 0.